The molecule has 13 heteroatoms. The second-order valence-electron chi connectivity index (χ2n) is 19.3. The molecular formula is C52H95NO11P+. The molecule has 3 N–H and O–H groups in total. The van der Waals surface area contributed by atoms with Crippen LogP contribution in [0.4, 0.5) is 0 Å². The number of unbranched alkanes of at least 4 members (excludes halogenated alkanes) is 20. The molecule has 378 valence electrons. The van der Waals surface area contributed by atoms with E-state index >= 15 is 0 Å². The van der Waals surface area contributed by atoms with E-state index in [9.17, 15) is 34.1 Å². The van der Waals surface area contributed by atoms with E-state index in [1.165, 1.54) is 96.3 Å². The van der Waals surface area contributed by atoms with Crippen LogP contribution in [-0.2, 0) is 37.5 Å². The number of aliphatic hydroxyl groups excluding tert-OH is 2. The Bertz CT molecular complexity index is 1360. The lowest BCUT2D eigenvalue weighted by Crippen LogP contribution is -2.37. The number of likely N-dealkylation sites (N-methyl/N-ethyl adjacent to an activating group) is 1. The number of ketones is 1. The van der Waals surface area contributed by atoms with Crippen LogP contribution in [0.3, 0.4) is 0 Å². The molecular weight excluding hydrogens is 846 g/mol. The molecule has 65 heavy (non-hydrogen) atoms. The maximum atomic E-state index is 12.8. The number of ether oxygens (including phenoxy) is 2. The van der Waals surface area contributed by atoms with E-state index in [0.29, 0.717) is 43.1 Å². The summed E-state index contributed by atoms with van der Waals surface area (Å²) in [5.74, 6) is -1.69. The second kappa shape index (κ2) is 38.8. The summed E-state index contributed by atoms with van der Waals surface area (Å²) in [4.78, 5) is 48.3. The number of hydrogen-bond donors (Lipinski definition) is 3. The molecule has 0 aliphatic heterocycles. The lowest BCUT2D eigenvalue weighted by molar-refractivity contribution is -0.870. The summed E-state index contributed by atoms with van der Waals surface area (Å²) in [6.45, 7) is 4.03. The third kappa shape index (κ3) is 35.6. The number of carbonyl (C=O) groups excluding carboxylic acids is 3. The molecule has 0 aromatic heterocycles. The standard InChI is InChI=1S/C52H94NO11P/c1-6-8-10-11-12-13-14-15-16-17-18-19-20-21-22-23-24-25-26-27-33-37-52(58)64-46(44-63-65(59,60)62-41-40-53(3,4)5)43-61-51(57)36-32-29-28-31-35-47-48(50(56)42-49(47)55)39-38-45(54)34-30-9-7-2/h15-16,28,31,38-39,45-48,50,54,56H,6-14,17-27,29-30,32-37,40-44H2,1-5H3/p+1/b16-15-,31-28-,39-38+/t45-,46+,47+,48+,50+/m0/s1. The Labute approximate surface area is 395 Å². The zero-order valence-corrected chi connectivity index (χ0v) is 42.6. The van der Waals surface area contributed by atoms with Crippen LogP contribution < -0.4 is 0 Å². The molecule has 0 heterocycles. The van der Waals surface area contributed by atoms with Crippen molar-refractivity contribution in [1.82, 2.24) is 0 Å². The van der Waals surface area contributed by atoms with E-state index in [0.717, 1.165) is 38.5 Å². The highest BCUT2D eigenvalue weighted by Crippen LogP contribution is 2.43. The highest BCUT2D eigenvalue weighted by atomic mass is 31.2. The summed E-state index contributed by atoms with van der Waals surface area (Å²) in [6.07, 6.45) is 38.4. The first-order valence-corrected chi connectivity index (χ1v) is 27.3. The van der Waals surface area contributed by atoms with Crippen molar-refractivity contribution in [2.45, 2.75) is 218 Å². The van der Waals surface area contributed by atoms with Crippen LogP contribution in [0.2, 0.25) is 0 Å². The minimum Gasteiger partial charge on any atom is -0.462 e. The molecule has 0 radical (unpaired) electrons. The first-order valence-electron chi connectivity index (χ1n) is 25.8. The molecule has 0 aromatic carbocycles. The van der Waals surface area contributed by atoms with Crippen molar-refractivity contribution in [3.8, 4) is 0 Å². The molecule has 0 bridgehead atoms. The topological polar surface area (TPSA) is 166 Å². The van der Waals surface area contributed by atoms with E-state index < -0.39 is 44.7 Å². The van der Waals surface area contributed by atoms with Gasteiger partial charge >= 0.3 is 19.8 Å². The van der Waals surface area contributed by atoms with Crippen LogP contribution in [0.5, 0.6) is 0 Å². The van der Waals surface area contributed by atoms with Gasteiger partial charge in [0.15, 0.2) is 6.10 Å². The molecule has 1 rings (SSSR count). The van der Waals surface area contributed by atoms with Crippen LogP contribution in [0, 0.1) is 11.8 Å². The predicted octanol–water partition coefficient (Wildman–Crippen LogP) is 11.8. The summed E-state index contributed by atoms with van der Waals surface area (Å²) in [5.41, 5.74) is 0. The first kappa shape index (κ1) is 60.8. The zero-order valence-electron chi connectivity index (χ0n) is 41.7. The third-order valence-corrected chi connectivity index (χ3v) is 13.0. The number of nitrogens with zero attached hydrogens (tertiary/aromatic N) is 1. The molecule has 1 saturated carbocycles. The molecule has 0 saturated heterocycles. The molecule has 6 atom stereocenters. The van der Waals surface area contributed by atoms with Gasteiger partial charge in [0.05, 0.1) is 40.0 Å². The van der Waals surface area contributed by atoms with Gasteiger partial charge in [-0.15, -0.1) is 0 Å². The maximum absolute atomic E-state index is 12.8. The van der Waals surface area contributed by atoms with Crippen molar-refractivity contribution in [2.24, 2.45) is 11.8 Å². The number of carbonyl (C=O) groups is 3. The zero-order chi connectivity index (χ0) is 48.0. The highest BCUT2D eigenvalue weighted by Gasteiger charge is 2.39. The van der Waals surface area contributed by atoms with Gasteiger partial charge in [0.1, 0.15) is 25.5 Å². The third-order valence-electron chi connectivity index (χ3n) is 12.0. The van der Waals surface area contributed by atoms with Crippen molar-refractivity contribution in [2.75, 3.05) is 47.5 Å². The molecule has 1 aliphatic carbocycles. The van der Waals surface area contributed by atoms with Crippen molar-refractivity contribution >= 4 is 25.5 Å². The number of quaternary nitrogens is 1. The van der Waals surface area contributed by atoms with Gasteiger partial charge in [-0.3, -0.25) is 23.4 Å². The smallest absolute Gasteiger partial charge is 0.462 e. The van der Waals surface area contributed by atoms with Gasteiger partial charge in [-0.2, -0.15) is 0 Å². The van der Waals surface area contributed by atoms with E-state index in [2.05, 4.69) is 26.0 Å². The number of phosphoric ester groups is 1. The van der Waals surface area contributed by atoms with E-state index in [4.69, 9.17) is 18.5 Å². The summed E-state index contributed by atoms with van der Waals surface area (Å²) in [7, 11) is 1.33. The Morgan fingerprint density at radius 2 is 1.23 bits per heavy atom. The fraction of sp³-hybridized carbons (Fsp3) is 0.827. The van der Waals surface area contributed by atoms with Crippen molar-refractivity contribution < 1.29 is 57.1 Å². The van der Waals surface area contributed by atoms with Crippen LogP contribution in [0.15, 0.2) is 36.5 Å². The number of aliphatic hydroxyl groups is 2. The number of rotatable bonds is 43. The SMILES string of the molecule is CCCCCCCC/C=C\CCCCCCCCCCCCCC(=O)O[C@H](COC(=O)CCC/C=C\C[C@H]1C(=O)C[C@@H](O)[C@@H]1/C=C/[C@@H](O)CCCCC)COP(=O)(O)OCC[N+](C)(C)C. The minimum atomic E-state index is -4.45. The molecule has 0 spiro atoms. The van der Waals surface area contributed by atoms with Gasteiger partial charge in [-0.05, 0) is 57.8 Å². The Morgan fingerprint density at radius 1 is 0.708 bits per heavy atom. The van der Waals surface area contributed by atoms with Crippen molar-refractivity contribution in [3.05, 3.63) is 36.5 Å². The van der Waals surface area contributed by atoms with Gasteiger partial charge in [0.25, 0.3) is 0 Å². The quantitative estimate of drug-likeness (QED) is 0.0175. The Kier molecular flexibility index (Phi) is 36.3. The molecule has 1 unspecified atom stereocenters. The monoisotopic (exact) mass is 941 g/mol. The molecule has 1 aliphatic rings. The van der Waals surface area contributed by atoms with Gasteiger partial charge < -0.3 is 29.1 Å². The van der Waals surface area contributed by atoms with Gasteiger partial charge in [-0.1, -0.05) is 159 Å². The number of Topliss-reactive ketones (excluding diaryl/α,β-unsaturated/α-hetero) is 1. The van der Waals surface area contributed by atoms with Crippen LogP contribution in [0.25, 0.3) is 0 Å². The summed E-state index contributed by atoms with van der Waals surface area (Å²) in [5, 5.41) is 20.7. The fourth-order valence-corrected chi connectivity index (χ4v) is 8.61. The maximum Gasteiger partial charge on any atom is 0.472 e. The number of esters is 2. The lowest BCUT2D eigenvalue weighted by Gasteiger charge is -2.24. The lowest BCUT2D eigenvalue weighted by atomic mass is 9.90. The van der Waals surface area contributed by atoms with E-state index in [-0.39, 0.29) is 50.1 Å². The number of hydrogen-bond acceptors (Lipinski definition) is 10. The van der Waals surface area contributed by atoms with Gasteiger partial charge in [0, 0.05) is 31.1 Å². The average Bonchev–Trinajstić information content (AvgIpc) is 3.52. The van der Waals surface area contributed by atoms with E-state index in [1.807, 2.05) is 33.3 Å². The van der Waals surface area contributed by atoms with Gasteiger partial charge in [0.2, 0.25) is 0 Å². The minimum absolute atomic E-state index is 0.00271. The Morgan fingerprint density at radius 3 is 1.83 bits per heavy atom. The number of phosphoric acid groups is 1. The van der Waals surface area contributed by atoms with Gasteiger partial charge in [-0.25, -0.2) is 4.57 Å². The van der Waals surface area contributed by atoms with Crippen LogP contribution in [-0.4, -0.2) is 103 Å². The van der Waals surface area contributed by atoms with Crippen molar-refractivity contribution in [1.29, 1.82) is 0 Å². The molecule has 1 fully saturated rings. The van der Waals surface area contributed by atoms with Crippen LogP contribution >= 0.6 is 7.82 Å². The molecule has 0 amide bonds. The highest BCUT2D eigenvalue weighted by molar-refractivity contribution is 7.47. The van der Waals surface area contributed by atoms with Crippen molar-refractivity contribution in [3.63, 3.8) is 0 Å². The molecule has 0 aromatic rings. The number of allylic oxidation sites excluding steroid dienone is 4. The Hall–Kier alpha value is -2.18. The normalized spacial score (nSPS) is 18.8. The Balaban J connectivity index is 2.39. The fourth-order valence-electron chi connectivity index (χ4n) is 7.87. The second-order valence-corrected chi connectivity index (χ2v) is 20.8. The summed E-state index contributed by atoms with van der Waals surface area (Å²) in [6, 6.07) is 0. The first-order chi connectivity index (χ1) is 31.2. The average molecular weight is 941 g/mol. The van der Waals surface area contributed by atoms with Crippen LogP contribution in [0.1, 0.15) is 200 Å². The summed E-state index contributed by atoms with van der Waals surface area (Å²) >= 11 is 0. The summed E-state index contributed by atoms with van der Waals surface area (Å²) < 4.78 is 34.4. The largest absolute Gasteiger partial charge is 0.472 e. The predicted molar refractivity (Wildman–Crippen MR) is 262 cm³/mol. The van der Waals surface area contributed by atoms with E-state index in [1.54, 1.807) is 12.2 Å². The molecule has 12 nitrogen and oxygen atoms in total.